The van der Waals surface area contributed by atoms with Crippen molar-refractivity contribution in [1.82, 2.24) is 19.7 Å². The zero-order chi connectivity index (χ0) is 24.1. The molecule has 4 aromatic rings. The summed E-state index contributed by atoms with van der Waals surface area (Å²) in [6.45, 7) is 3.00. The second-order valence-electron chi connectivity index (χ2n) is 8.02. The van der Waals surface area contributed by atoms with Crippen LogP contribution in [0.2, 0.25) is 0 Å². The highest BCUT2D eigenvalue weighted by Gasteiger charge is 2.20. The molecule has 0 saturated carbocycles. The molecular formula is C25H26F2N4O3. The van der Waals surface area contributed by atoms with Crippen LogP contribution in [0.5, 0.6) is 5.75 Å². The molecule has 2 N–H and O–H groups in total. The molecule has 1 fully saturated rings. The fourth-order valence-electron chi connectivity index (χ4n) is 3.81. The summed E-state index contributed by atoms with van der Waals surface area (Å²) in [6.07, 6.45) is 1.98. The Morgan fingerprint density at radius 3 is 2.41 bits per heavy atom. The highest BCUT2D eigenvalue weighted by Crippen LogP contribution is 2.36. The molecule has 7 nitrogen and oxygen atoms in total. The van der Waals surface area contributed by atoms with Crippen molar-refractivity contribution in [2.24, 2.45) is 0 Å². The Hall–Kier alpha value is -3.43. The van der Waals surface area contributed by atoms with Gasteiger partial charge in [-0.25, -0.2) is 18.7 Å². The number of phenols is 1. The standard InChI is InChI=1S/C21H18F2N4O2.C4H8O/c1-12(28)14-7-15-17(8-18(14)29)24-11-25-21(15)16-9-27(10-19(22)23)26-20(16)13-5-3-2-4-6-13;1-2-4-5-3-1/h2-9,11-12,19,28-29H,10H2,1H3;1-4H2. The zero-order valence-corrected chi connectivity index (χ0v) is 18.7. The van der Waals surface area contributed by atoms with Gasteiger partial charge in [-0.2, -0.15) is 5.10 Å². The first-order valence-electron chi connectivity index (χ1n) is 11.1. The van der Waals surface area contributed by atoms with E-state index in [-0.39, 0.29) is 5.75 Å². The maximum Gasteiger partial charge on any atom is 0.257 e. The Balaban J connectivity index is 0.000000486. The number of hydrogen-bond acceptors (Lipinski definition) is 6. The molecule has 9 heteroatoms. The van der Waals surface area contributed by atoms with Crippen LogP contribution < -0.4 is 0 Å². The van der Waals surface area contributed by atoms with E-state index in [4.69, 9.17) is 4.74 Å². The van der Waals surface area contributed by atoms with Crippen molar-refractivity contribution in [2.45, 2.75) is 38.8 Å². The first-order chi connectivity index (χ1) is 16.4. The van der Waals surface area contributed by atoms with Crippen molar-refractivity contribution < 1.29 is 23.7 Å². The fourth-order valence-corrected chi connectivity index (χ4v) is 3.81. The van der Waals surface area contributed by atoms with Gasteiger partial charge in [0.25, 0.3) is 6.43 Å². The monoisotopic (exact) mass is 468 g/mol. The number of aromatic hydroxyl groups is 1. The number of aliphatic hydroxyl groups excluding tert-OH is 1. The van der Waals surface area contributed by atoms with E-state index in [1.165, 1.54) is 36.1 Å². The first kappa shape index (κ1) is 23.7. The van der Waals surface area contributed by atoms with Crippen molar-refractivity contribution in [3.8, 4) is 28.3 Å². The molecule has 0 bridgehead atoms. The third-order valence-corrected chi connectivity index (χ3v) is 5.45. The molecule has 2 aromatic heterocycles. The number of alkyl halides is 2. The third-order valence-electron chi connectivity index (χ3n) is 5.45. The van der Waals surface area contributed by atoms with E-state index in [0.29, 0.717) is 33.4 Å². The van der Waals surface area contributed by atoms with Gasteiger partial charge in [0.2, 0.25) is 0 Å². The Morgan fingerprint density at radius 2 is 1.79 bits per heavy atom. The van der Waals surface area contributed by atoms with E-state index in [1.54, 1.807) is 13.0 Å². The molecule has 5 rings (SSSR count). The number of aliphatic hydroxyl groups is 1. The van der Waals surface area contributed by atoms with Crippen molar-refractivity contribution in [1.29, 1.82) is 0 Å². The van der Waals surface area contributed by atoms with Gasteiger partial charge in [0.1, 0.15) is 24.3 Å². The van der Waals surface area contributed by atoms with Gasteiger partial charge in [0, 0.05) is 47.6 Å². The summed E-state index contributed by atoms with van der Waals surface area (Å²) < 4.78 is 32.1. The van der Waals surface area contributed by atoms with Crippen LogP contribution in [0.15, 0.2) is 55.0 Å². The molecule has 0 aliphatic carbocycles. The second kappa shape index (κ2) is 10.7. The van der Waals surface area contributed by atoms with Gasteiger partial charge in [-0.15, -0.1) is 0 Å². The van der Waals surface area contributed by atoms with E-state index in [0.717, 1.165) is 18.8 Å². The quantitative estimate of drug-likeness (QED) is 0.429. The highest BCUT2D eigenvalue weighted by molar-refractivity contribution is 5.96. The van der Waals surface area contributed by atoms with E-state index in [9.17, 15) is 19.0 Å². The molecule has 0 amide bonds. The van der Waals surface area contributed by atoms with Gasteiger partial charge in [-0.1, -0.05) is 30.3 Å². The van der Waals surface area contributed by atoms with Crippen LogP contribution in [0.25, 0.3) is 33.4 Å². The number of halogens is 2. The number of fused-ring (bicyclic) bond motifs is 1. The largest absolute Gasteiger partial charge is 0.507 e. The lowest BCUT2D eigenvalue weighted by Crippen LogP contribution is -2.06. The molecule has 1 saturated heterocycles. The topological polar surface area (TPSA) is 93.3 Å². The average Bonchev–Trinajstić information content (AvgIpc) is 3.52. The average molecular weight is 469 g/mol. The molecule has 34 heavy (non-hydrogen) atoms. The molecule has 1 unspecified atom stereocenters. The van der Waals surface area contributed by atoms with Crippen molar-refractivity contribution >= 4 is 10.9 Å². The van der Waals surface area contributed by atoms with Gasteiger partial charge in [-0.3, -0.25) is 4.68 Å². The minimum absolute atomic E-state index is 0.0752. The zero-order valence-electron chi connectivity index (χ0n) is 18.7. The number of nitrogens with zero attached hydrogens (tertiary/aromatic N) is 4. The maximum absolute atomic E-state index is 13.0. The number of benzene rings is 2. The van der Waals surface area contributed by atoms with Crippen LogP contribution >= 0.6 is 0 Å². The normalized spacial score (nSPS) is 14.3. The minimum Gasteiger partial charge on any atom is -0.507 e. The van der Waals surface area contributed by atoms with Crippen molar-refractivity contribution in [3.63, 3.8) is 0 Å². The summed E-state index contributed by atoms with van der Waals surface area (Å²) in [7, 11) is 0. The van der Waals surface area contributed by atoms with Crippen molar-refractivity contribution in [2.75, 3.05) is 13.2 Å². The smallest absolute Gasteiger partial charge is 0.257 e. The lowest BCUT2D eigenvalue weighted by Gasteiger charge is -2.11. The molecular weight excluding hydrogens is 442 g/mol. The Kier molecular flexibility index (Phi) is 7.44. The minimum atomic E-state index is -2.55. The summed E-state index contributed by atoms with van der Waals surface area (Å²) in [4.78, 5) is 8.56. The highest BCUT2D eigenvalue weighted by atomic mass is 19.3. The number of aromatic nitrogens is 4. The van der Waals surface area contributed by atoms with Gasteiger partial charge in [-0.05, 0) is 25.8 Å². The van der Waals surface area contributed by atoms with Gasteiger partial charge < -0.3 is 14.9 Å². The number of hydrogen-bond donors (Lipinski definition) is 2. The molecule has 0 spiro atoms. The first-order valence-corrected chi connectivity index (χ1v) is 11.1. The Morgan fingerprint density at radius 1 is 1.06 bits per heavy atom. The van der Waals surface area contributed by atoms with E-state index < -0.39 is 19.1 Å². The Bertz CT molecular complexity index is 1230. The Labute approximate surface area is 195 Å². The molecule has 1 atom stereocenters. The van der Waals surface area contributed by atoms with Crippen LogP contribution in [0.1, 0.15) is 31.4 Å². The fraction of sp³-hybridized carbons (Fsp3) is 0.320. The predicted octanol–water partition coefficient (Wildman–Crippen LogP) is 4.98. The maximum atomic E-state index is 13.0. The van der Waals surface area contributed by atoms with E-state index in [2.05, 4.69) is 15.1 Å². The van der Waals surface area contributed by atoms with Gasteiger partial charge >= 0.3 is 0 Å². The molecule has 2 aromatic carbocycles. The van der Waals surface area contributed by atoms with Crippen LogP contribution in [-0.2, 0) is 11.3 Å². The van der Waals surface area contributed by atoms with E-state index in [1.807, 2.05) is 30.3 Å². The summed E-state index contributed by atoms with van der Waals surface area (Å²) in [5, 5.41) is 25.1. The number of rotatable bonds is 5. The lowest BCUT2D eigenvalue weighted by molar-refractivity contribution is 0.122. The summed E-state index contributed by atoms with van der Waals surface area (Å²) in [6, 6.07) is 12.3. The van der Waals surface area contributed by atoms with Gasteiger partial charge in [0.15, 0.2) is 0 Å². The number of phenolic OH excluding ortho intramolecular Hbond substituents is 1. The number of ether oxygens (including phenoxy) is 1. The van der Waals surface area contributed by atoms with Crippen LogP contribution in [0, 0.1) is 0 Å². The SMILES string of the molecule is C1CCOC1.CC(O)c1cc2c(-c3cn(CC(F)F)nc3-c3ccccc3)ncnc2cc1O. The molecule has 0 radical (unpaired) electrons. The molecule has 178 valence electrons. The van der Waals surface area contributed by atoms with E-state index >= 15 is 0 Å². The predicted molar refractivity (Wildman–Crippen MR) is 125 cm³/mol. The van der Waals surface area contributed by atoms with Crippen LogP contribution in [0.3, 0.4) is 0 Å². The van der Waals surface area contributed by atoms with Crippen molar-refractivity contribution in [3.05, 3.63) is 60.6 Å². The summed E-state index contributed by atoms with van der Waals surface area (Å²) >= 11 is 0. The van der Waals surface area contributed by atoms with Crippen LogP contribution in [-0.4, -0.2) is 49.6 Å². The van der Waals surface area contributed by atoms with Crippen LogP contribution in [0.4, 0.5) is 8.78 Å². The third kappa shape index (κ3) is 5.37. The second-order valence-corrected chi connectivity index (χ2v) is 8.02. The lowest BCUT2D eigenvalue weighted by atomic mass is 10.00. The molecule has 1 aliphatic heterocycles. The summed E-state index contributed by atoms with van der Waals surface area (Å²) in [5.41, 5.74) is 3.12. The molecule has 1 aliphatic rings. The van der Waals surface area contributed by atoms with Gasteiger partial charge in [0.05, 0.1) is 17.3 Å². The summed E-state index contributed by atoms with van der Waals surface area (Å²) in [5.74, 6) is -0.0752. The molecule has 3 heterocycles.